The summed E-state index contributed by atoms with van der Waals surface area (Å²) in [5, 5.41) is 55.1. The molecule has 1 fully saturated rings. The molecule has 0 saturated carbocycles. The molecule has 10 heteroatoms. The number of hydrogen-bond acceptors (Lipinski definition) is 8. The molecule has 1 unspecified atom stereocenters. The summed E-state index contributed by atoms with van der Waals surface area (Å²) < 4.78 is 18.1. The molecule has 1 saturated heterocycles. The first-order chi connectivity index (χ1) is 8.66. The second-order valence-corrected chi connectivity index (χ2v) is 4.29. The number of carboxylic acid groups (broad SMARTS) is 1. The number of ether oxygens (including phenoxy) is 1. The van der Waals surface area contributed by atoms with Crippen molar-refractivity contribution in [3.05, 3.63) is 0 Å². The zero-order chi connectivity index (χ0) is 15.0. The van der Waals surface area contributed by atoms with Crippen LogP contribution in [-0.2, 0) is 9.53 Å². The molecule has 112 valence electrons. The molecule has 7 atom stereocenters. The van der Waals surface area contributed by atoms with Gasteiger partial charge in [0, 0.05) is 0 Å². The molecule has 0 aromatic heterocycles. The van der Waals surface area contributed by atoms with Crippen LogP contribution in [0.15, 0.2) is 0 Å². The average molecular weight is 285 g/mol. The van der Waals surface area contributed by atoms with Crippen LogP contribution in [0.25, 0.3) is 0 Å². The number of hydrogen-bond donors (Lipinski definition) is 7. The molecule has 1 rings (SSSR count). The molecule has 9 nitrogen and oxygen atoms in total. The van der Waals surface area contributed by atoms with Crippen molar-refractivity contribution < 1.29 is 44.6 Å². The van der Waals surface area contributed by atoms with Gasteiger partial charge in [0.1, 0.15) is 24.4 Å². The van der Waals surface area contributed by atoms with Crippen LogP contribution in [0.1, 0.15) is 0 Å². The predicted molar refractivity (Wildman–Crippen MR) is 55.4 cm³/mol. The van der Waals surface area contributed by atoms with Crippen molar-refractivity contribution in [2.75, 3.05) is 6.61 Å². The van der Waals surface area contributed by atoms with E-state index in [-0.39, 0.29) is 0 Å². The molecule has 8 N–H and O–H groups in total. The van der Waals surface area contributed by atoms with E-state index in [1.54, 1.807) is 0 Å². The van der Waals surface area contributed by atoms with E-state index in [1.807, 2.05) is 0 Å². The number of carboxylic acids is 1. The Morgan fingerprint density at radius 1 is 1.47 bits per heavy atom. The monoisotopic (exact) mass is 285 g/mol. The minimum Gasteiger partial charge on any atom is -0.477 e. The predicted octanol–water partition coefficient (Wildman–Crippen LogP) is -4.10. The number of alkyl halides is 1. The lowest BCUT2D eigenvalue weighted by atomic mass is 9.88. The van der Waals surface area contributed by atoms with Crippen LogP contribution in [0.5, 0.6) is 0 Å². The summed E-state index contributed by atoms with van der Waals surface area (Å²) in [5.41, 5.74) is 5.36. The molecule has 0 aliphatic carbocycles. The van der Waals surface area contributed by atoms with Crippen molar-refractivity contribution in [2.24, 2.45) is 5.73 Å². The largest absolute Gasteiger partial charge is 0.477 e. The molecule has 1 aliphatic heterocycles. The van der Waals surface area contributed by atoms with Gasteiger partial charge in [0.05, 0.1) is 12.6 Å². The fourth-order valence-corrected chi connectivity index (χ4v) is 1.76. The smallest absolute Gasteiger partial charge is 0.367 e. The first-order valence-corrected chi connectivity index (χ1v) is 5.35. The summed E-state index contributed by atoms with van der Waals surface area (Å²) in [6, 6.07) is -1.61. The minimum absolute atomic E-state index is 0.908. The van der Waals surface area contributed by atoms with Crippen LogP contribution in [0.2, 0.25) is 0 Å². The number of nitrogens with two attached hydrogens (primary N) is 1. The Labute approximate surface area is 106 Å². The quantitative estimate of drug-likeness (QED) is 0.271. The number of aliphatic carboxylic acids is 1. The molecular formula is C9H16FNO8. The number of aliphatic hydroxyl groups excluding tert-OH is 4. The van der Waals surface area contributed by atoms with Crippen molar-refractivity contribution in [3.63, 3.8) is 0 Å². The second-order valence-electron chi connectivity index (χ2n) is 4.29. The van der Waals surface area contributed by atoms with Crippen molar-refractivity contribution >= 4 is 5.97 Å². The van der Waals surface area contributed by atoms with Gasteiger partial charge in [-0.2, -0.15) is 0 Å². The maximum Gasteiger partial charge on any atom is 0.367 e. The number of carbonyl (C=O) groups is 1. The SMILES string of the molecule is N[C@H]1[C@H]([C@H](O)[C@H](O)CO)O[C@](O)(C(=O)O)C(F)[C@@H]1O. The molecule has 0 amide bonds. The van der Waals surface area contributed by atoms with E-state index in [1.165, 1.54) is 0 Å². The molecule has 19 heavy (non-hydrogen) atoms. The van der Waals surface area contributed by atoms with Gasteiger partial charge >= 0.3 is 11.8 Å². The fraction of sp³-hybridized carbons (Fsp3) is 0.889. The van der Waals surface area contributed by atoms with Crippen LogP contribution in [0, 0.1) is 0 Å². The Balaban J connectivity index is 3.04. The Morgan fingerprint density at radius 3 is 2.42 bits per heavy atom. The first kappa shape index (κ1) is 16.2. The Hall–Kier alpha value is -0.880. The zero-order valence-corrected chi connectivity index (χ0v) is 9.63. The van der Waals surface area contributed by atoms with Crippen LogP contribution < -0.4 is 5.73 Å². The van der Waals surface area contributed by atoms with E-state index < -0.39 is 55.0 Å². The molecule has 1 heterocycles. The van der Waals surface area contributed by atoms with Gasteiger partial charge in [-0.05, 0) is 0 Å². The highest BCUT2D eigenvalue weighted by molar-refractivity contribution is 5.76. The first-order valence-electron chi connectivity index (χ1n) is 5.35. The van der Waals surface area contributed by atoms with Gasteiger partial charge in [-0.15, -0.1) is 0 Å². The molecule has 0 aromatic carbocycles. The Morgan fingerprint density at radius 2 is 2.00 bits per heavy atom. The zero-order valence-electron chi connectivity index (χ0n) is 9.63. The van der Waals surface area contributed by atoms with Gasteiger partial charge in [-0.25, -0.2) is 9.18 Å². The lowest BCUT2D eigenvalue weighted by Crippen LogP contribution is -2.71. The van der Waals surface area contributed by atoms with E-state index in [4.69, 9.17) is 15.9 Å². The van der Waals surface area contributed by atoms with Gasteiger partial charge in [0.2, 0.25) is 0 Å². The van der Waals surface area contributed by atoms with Crippen molar-refractivity contribution in [2.45, 2.75) is 42.4 Å². The highest BCUT2D eigenvalue weighted by Crippen LogP contribution is 2.31. The van der Waals surface area contributed by atoms with Gasteiger partial charge in [-0.1, -0.05) is 0 Å². The van der Waals surface area contributed by atoms with Crippen LogP contribution in [-0.4, -0.2) is 85.6 Å². The highest BCUT2D eigenvalue weighted by atomic mass is 19.1. The Kier molecular flexibility index (Phi) is 4.79. The van der Waals surface area contributed by atoms with E-state index in [2.05, 4.69) is 4.74 Å². The van der Waals surface area contributed by atoms with Crippen molar-refractivity contribution in [3.8, 4) is 0 Å². The lowest BCUT2D eigenvalue weighted by molar-refractivity contribution is -0.318. The van der Waals surface area contributed by atoms with Gasteiger partial charge < -0.3 is 41.1 Å². The summed E-state index contributed by atoms with van der Waals surface area (Å²) in [6.07, 6.45) is -10.4. The van der Waals surface area contributed by atoms with Crippen LogP contribution in [0.4, 0.5) is 4.39 Å². The molecule has 0 spiro atoms. The fourth-order valence-electron chi connectivity index (χ4n) is 1.76. The van der Waals surface area contributed by atoms with Gasteiger partial charge in [-0.3, -0.25) is 0 Å². The summed E-state index contributed by atoms with van der Waals surface area (Å²) in [7, 11) is 0. The lowest BCUT2D eigenvalue weighted by Gasteiger charge is -2.44. The van der Waals surface area contributed by atoms with E-state index in [9.17, 15) is 29.6 Å². The minimum atomic E-state index is -3.41. The standard InChI is InChI=1S/C9H16FNO8/c10-7-5(15)3(11)6(4(14)2(13)1-12)19-9(7,18)8(16)17/h2-7,12-15,18H,1,11H2,(H,16,17)/t2-,3-,4-,5-,6-,7?,9+/m1/s1. The summed E-state index contributed by atoms with van der Waals surface area (Å²) in [4.78, 5) is 10.8. The summed E-state index contributed by atoms with van der Waals surface area (Å²) >= 11 is 0. The van der Waals surface area contributed by atoms with Crippen molar-refractivity contribution in [1.29, 1.82) is 0 Å². The van der Waals surface area contributed by atoms with Gasteiger partial charge in [0.15, 0.2) is 6.17 Å². The number of rotatable bonds is 4. The maximum atomic E-state index is 13.6. The van der Waals surface area contributed by atoms with Gasteiger partial charge in [0.25, 0.3) is 0 Å². The van der Waals surface area contributed by atoms with E-state index in [0.717, 1.165) is 0 Å². The normalized spacial score (nSPS) is 42.7. The molecule has 0 aromatic rings. The topological polar surface area (TPSA) is 174 Å². The Bertz CT molecular complexity index is 340. The molecule has 0 bridgehead atoms. The van der Waals surface area contributed by atoms with Crippen LogP contribution in [0.3, 0.4) is 0 Å². The molecular weight excluding hydrogens is 269 g/mol. The summed E-state index contributed by atoms with van der Waals surface area (Å²) in [5.74, 6) is -5.53. The summed E-state index contributed by atoms with van der Waals surface area (Å²) in [6.45, 7) is -0.908. The highest BCUT2D eigenvalue weighted by Gasteiger charge is 2.60. The maximum absolute atomic E-state index is 13.6. The average Bonchev–Trinajstić information content (AvgIpc) is 2.38. The van der Waals surface area contributed by atoms with E-state index >= 15 is 0 Å². The number of aliphatic hydroxyl groups is 5. The number of halogens is 1. The molecule has 0 radical (unpaired) electrons. The second kappa shape index (κ2) is 5.63. The van der Waals surface area contributed by atoms with E-state index in [0.29, 0.717) is 0 Å². The molecule has 1 aliphatic rings. The van der Waals surface area contributed by atoms with Crippen LogP contribution >= 0.6 is 0 Å². The third kappa shape index (κ3) is 2.69. The van der Waals surface area contributed by atoms with Crippen molar-refractivity contribution in [1.82, 2.24) is 0 Å². The third-order valence-corrected chi connectivity index (χ3v) is 2.99. The third-order valence-electron chi connectivity index (χ3n) is 2.99.